The highest BCUT2D eigenvalue weighted by atomic mass is 32.2. The second-order valence-corrected chi connectivity index (χ2v) is 7.32. The van der Waals surface area contributed by atoms with E-state index in [2.05, 4.69) is 0 Å². The molecule has 22 heavy (non-hydrogen) atoms. The van der Waals surface area contributed by atoms with Gasteiger partial charge in [-0.3, -0.25) is 4.79 Å². The van der Waals surface area contributed by atoms with Gasteiger partial charge in [-0.25, -0.2) is 21.9 Å². The predicted molar refractivity (Wildman–Crippen MR) is 79.1 cm³/mol. The van der Waals surface area contributed by atoms with E-state index in [0.717, 1.165) is 10.9 Å². The highest BCUT2D eigenvalue weighted by Gasteiger charge is 2.23. The second kappa shape index (κ2) is 6.53. The summed E-state index contributed by atoms with van der Waals surface area (Å²) in [6.45, 7) is 1.31. The molecule has 0 aliphatic heterocycles. The first-order chi connectivity index (χ1) is 10.3. The maximum Gasteiger partial charge on any atom is 0.267 e. The molecule has 1 N–H and O–H groups in total. The van der Waals surface area contributed by atoms with Gasteiger partial charge in [0.15, 0.2) is 0 Å². The molecule has 118 valence electrons. The summed E-state index contributed by atoms with van der Waals surface area (Å²) in [6.07, 6.45) is 0.319. The number of carbonyl (C=O) groups excluding carboxylic acids is 1. The molecule has 8 heteroatoms. The minimum absolute atomic E-state index is 0.0135. The largest absolute Gasteiger partial charge is 0.274 e. The molecule has 0 atom stereocenters. The Labute approximate surface area is 130 Å². The molecule has 0 radical (unpaired) electrons. The van der Waals surface area contributed by atoms with Crippen LogP contribution in [0.5, 0.6) is 0 Å². The van der Waals surface area contributed by atoms with E-state index in [1.54, 1.807) is 4.72 Å². The summed E-state index contributed by atoms with van der Waals surface area (Å²) in [4.78, 5) is 11.7. The third-order valence-electron chi connectivity index (χ3n) is 2.93. The monoisotopic (exact) mass is 345 g/mol. The fourth-order valence-corrected chi connectivity index (χ4v) is 3.58. The molecule has 1 amide bonds. The summed E-state index contributed by atoms with van der Waals surface area (Å²) in [6, 6.07) is 4.99. The number of rotatable bonds is 5. The van der Waals surface area contributed by atoms with Crippen LogP contribution in [0, 0.1) is 18.6 Å². The van der Waals surface area contributed by atoms with Crippen molar-refractivity contribution in [3.63, 3.8) is 0 Å². The lowest BCUT2D eigenvalue weighted by Gasteiger charge is -2.08. The number of carbonyl (C=O) groups is 1. The van der Waals surface area contributed by atoms with Crippen LogP contribution in [0.3, 0.4) is 0 Å². The molecule has 0 spiro atoms. The highest BCUT2D eigenvalue weighted by molar-refractivity contribution is 7.90. The van der Waals surface area contributed by atoms with Crippen LogP contribution in [-0.2, 0) is 21.2 Å². The number of benzene rings is 1. The van der Waals surface area contributed by atoms with E-state index in [4.69, 9.17) is 0 Å². The summed E-state index contributed by atoms with van der Waals surface area (Å²) in [5, 5.41) is 1.84. The topological polar surface area (TPSA) is 63.2 Å². The van der Waals surface area contributed by atoms with E-state index >= 15 is 0 Å². The van der Waals surface area contributed by atoms with Gasteiger partial charge < -0.3 is 0 Å². The van der Waals surface area contributed by atoms with Crippen molar-refractivity contribution in [1.82, 2.24) is 4.72 Å². The van der Waals surface area contributed by atoms with Crippen LogP contribution in [0.25, 0.3) is 0 Å². The summed E-state index contributed by atoms with van der Waals surface area (Å²) in [7, 11) is -4.43. The minimum atomic E-state index is -4.43. The zero-order chi connectivity index (χ0) is 16.3. The Morgan fingerprint density at radius 1 is 1.27 bits per heavy atom. The van der Waals surface area contributed by atoms with Crippen molar-refractivity contribution in [2.45, 2.75) is 24.7 Å². The quantitative estimate of drug-likeness (QED) is 0.906. The van der Waals surface area contributed by atoms with Gasteiger partial charge in [0.2, 0.25) is 5.91 Å². The molecule has 0 aliphatic carbocycles. The molecule has 1 aromatic heterocycles. The van der Waals surface area contributed by atoms with Gasteiger partial charge in [-0.2, -0.15) is 0 Å². The van der Waals surface area contributed by atoms with Gasteiger partial charge in [-0.15, -0.1) is 11.3 Å². The average molecular weight is 345 g/mol. The van der Waals surface area contributed by atoms with Crippen LogP contribution in [0.1, 0.15) is 16.9 Å². The van der Waals surface area contributed by atoms with Crippen molar-refractivity contribution in [3.8, 4) is 0 Å². The Kier molecular flexibility index (Phi) is 4.92. The van der Waals surface area contributed by atoms with Gasteiger partial charge in [0.1, 0.15) is 16.5 Å². The number of hydrogen-bond acceptors (Lipinski definition) is 4. The zero-order valence-electron chi connectivity index (χ0n) is 11.6. The minimum Gasteiger partial charge on any atom is -0.274 e. The first-order valence-electron chi connectivity index (χ1n) is 6.33. The molecule has 0 unspecified atom stereocenters. The lowest BCUT2D eigenvalue weighted by molar-refractivity contribution is -0.119. The fraction of sp³-hybridized carbons (Fsp3) is 0.214. The maximum absolute atomic E-state index is 13.7. The van der Waals surface area contributed by atoms with Crippen LogP contribution < -0.4 is 4.72 Å². The number of sulfonamides is 1. The summed E-state index contributed by atoms with van der Waals surface area (Å²) < 4.78 is 52.8. The fourth-order valence-electron chi connectivity index (χ4n) is 1.78. The zero-order valence-corrected chi connectivity index (χ0v) is 13.2. The Morgan fingerprint density at radius 3 is 2.64 bits per heavy atom. The van der Waals surface area contributed by atoms with Crippen LogP contribution in [0.15, 0.2) is 34.5 Å². The van der Waals surface area contributed by atoms with E-state index in [-0.39, 0.29) is 12.0 Å². The van der Waals surface area contributed by atoms with Gasteiger partial charge in [0.25, 0.3) is 10.0 Å². The number of aryl methyl sites for hydroxylation is 2. The van der Waals surface area contributed by atoms with Gasteiger partial charge >= 0.3 is 0 Å². The smallest absolute Gasteiger partial charge is 0.267 e. The number of nitrogens with one attached hydrogen (secondary N) is 1. The van der Waals surface area contributed by atoms with Crippen molar-refractivity contribution in [2.75, 3.05) is 0 Å². The molecule has 0 bridgehead atoms. The SMILES string of the molecule is Cc1cc(F)c(S(=O)(=O)NC(=O)CCc2cccs2)cc1F. The third kappa shape index (κ3) is 3.89. The van der Waals surface area contributed by atoms with Gasteiger partial charge in [0.05, 0.1) is 0 Å². The van der Waals surface area contributed by atoms with Gasteiger partial charge in [-0.05, 0) is 42.5 Å². The standard InChI is InChI=1S/C14H13F2NO3S2/c1-9-7-12(16)13(8-11(9)15)22(19,20)17-14(18)5-4-10-3-2-6-21-10/h2-3,6-8H,4-5H2,1H3,(H,17,18). The van der Waals surface area contributed by atoms with Crippen LogP contribution in [0.4, 0.5) is 8.78 Å². The molecular weight excluding hydrogens is 332 g/mol. The number of thiophene rings is 1. The van der Waals surface area contributed by atoms with E-state index in [1.165, 1.54) is 18.3 Å². The molecule has 0 saturated heterocycles. The maximum atomic E-state index is 13.7. The Bertz CT molecular complexity index is 787. The lowest BCUT2D eigenvalue weighted by Crippen LogP contribution is -2.31. The van der Waals surface area contributed by atoms with E-state index in [1.807, 2.05) is 17.5 Å². The number of amides is 1. The summed E-state index contributed by atoms with van der Waals surface area (Å²) >= 11 is 1.45. The molecular formula is C14H13F2NO3S2. The molecule has 4 nitrogen and oxygen atoms in total. The van der Waals surface area contributed by atoms with E-state index in [0.29, 0.717) is 12.5 Å². The van der Waals surface area contributed by atoms with Crippen LogP contribution in [0.2, 0.25) is 0 Å². The van der Waals surface area contributed by atoms with Crippen molar-refractivity contribution < 1.29 is 22.0 Å². The molecule has 0 aliphatic rings. The molecule has 0 fully saturated rings. The summed E-state index contributed by atoms with van der Waals surface area (Å²) in [5.41, 5.74) is -0.0135. The van der Waals surface area contributed by atoms with E-state index in [9.17, 15) is 22.0 Å². The molecule has 1 aromatic carbocycles. The number of halogens is 2. The average Bonchev–Trinajstić information content (AvgIpc) is 2.93. The highest BCUT2D eigenvalue weighted by Crippen LogP contribution is 2.19. The van der Waals surface area contributed by atoms with Gasteiger partial charge in [-0.1, -0.05) is 6.07 Å². The predicted octanol–water partition coefficient (Wildman–Crippen LogP) is 2.77. The molecule has 1 heterocycles. The van der Waals surface area contributed by atoms with Crippen LogP contribution in [-0.4, -0.2) is 14.3 Å². The normalized spacial score (nSPS) is 11.4. The lowest BCUT2D eigenvalue weighted by atomic mass is 10.2. The van der Waals surface area contributed by atoms with Crippen molar-refractivity contribution in [3.05, 3.63) is 51.7 Å². The molecule has 2 aromatic rings. The van der Waals surface area contributed by atoms with Crippen molar-refractivity contribution >= 4 is 27.3 Å². The molecule has 0 saturated carbocycles. The van der Waals surface area contributed by atoms with Gasteiger partial charge in [0, 0.05) is 11.3 Å². The summed E-state index contributed by atoms with van der Waals surface area (Å²) in [5.74, 6) is -2.72. The first kappa shape index (κ1) is 16.6. The van der Waals surface area contributed by atoms with Crippen LogP contribution >= 0.6 is 11.3 Å². The Hall–Kier alpha value is -1.80. The Morgan fingerprint density at radius 2 is 2.00 bits per heavy atom. The molecule has 2 rings (SSSR count). The third-order valence-corrected chi connectivity index (χ3v) is 5.25. The van der Waals surface area contributed by atoms with Crippen molar-refractivity contribution in [2.24, 2.45) is 0 Å². The number of hydrogen-bond donors (Lipinski definition) is 1. The van der Waals surface area contributed by atoms with E-state index < -0.39 is 32.5 Å². The van der Waals surface area contributed by atoms with Crippen molar-refractivity contribution in [1.29, 1.82) is 0 Å². The Balaban J connectivity index is 2.10. The second-order valence-electron chi connectivity index (χ2n) is 4.64. The first-order valence-corrected chi connectivity index (χ1v) is 8.69.